The summed E-state index contributed by atoms with van der Waals surface area (Å²) >= 11 is 0. The zero-order valence-electron chi connectivity index (χ0n) is 11.6. The third-order valence-corrected chi connectivity index (χ3v) is 5.18. The normalized spacial score (nSPS) is 30.2. The molecule has 1 saturated heterocycles. The molecule has 4 unspecified atom stereocenters. The number of piperazine rings is 1. The molecule has 2 nitrogen and oxygen atoms in total. The minimum atomic E-state index is 0.320. The quantitative estimate of drug-likeness (QED) is 0.730. The van der Waals surface area contributed by atoms with Crippen LogP contribution in [0.1, 0.15) is 41.5 Å². The van der Waals surface area contributed by atoms with Crippen LogP contribution >= 0.6 is 17.3 Å². The molecule has 0 radical (unpaired) electrons. The molecule has 96 valence electrons. The first kappa shape index (κ1) is 14.8. The van der Waals surface area contributed by atoms with Crippen molar-refractivity contribution in [3.05, 3.63) is 0 Å². The van der Waals surface area contributed by atoms with E-state index in [1.807, 2.05) is 0 Å². The lowest BCUT2D eigenvalue weighted by molar-refractivity contribution is 0.0573. The highest BCUT2D eigenvalue weighted by atomic mass is 32.0. The van der Waals surface area contributed by atoms with E-state index in [1.54, 1.807) is 0 Å². The molecule has 0 aliphatic carbocycles. The van der Waals surface area contributed by atoms with Crippen molar-refractivity contribution in [2.45, 2.75) is 53.6 Å². The summed E-state index contributed by atoms with van der Waals surface area (Å²) in [6.07, 6.45) is 0. The van der Waals surface area contributed by atoms with E-state index in [9.17, 15) is 0 Å². The molecule has 0 bridgehead atoms. The summed E-state index contributed by atoms with van der Waals surface area (Å²) in [4.78, 5) is 0. The maximum Gasteiger partial charge on any atom is 0.0342 e. The van der Waals surface area contributed by atoms with Gasteiger partial charge in [0.25, 0.3) is 0 Å². The molecular weight excluding hydrogens is 234 g/mol. The van der Waals surface area contributed by atoms with Crippen LogP contribution in [0.15, 0.2) is 0 Å². The minimum Gasteiger partial charge on any atom is -0.311 e. The van der Waals surface area contributed by atoms with Crippen molar-refractivity contribution in [1.82, 2.24) is 9.99 Å². The van der Waals surface area contributed by atoms with Crippen molar-refractivity contribution >= 4 is 17.3 Å². The lowest BCUT2D eigenvalue weighted by Gasteiger charge is -2.52. The van der Waals surface area contributed by atoms with Crippen LogP contribution in [0.4, 0.5) is 0 Å². The SMILES string of the molecule is CC(C)(C)C1NCCN(PP)C1C(C)(C)C. The highest BCUT2D eigenvalue weighted by Crippen LogP contribution is 2.42. The van der Waals surface area contributed by atoms with Gasteiger partial charge in [-0.25, -0.2) is 0 Å². The zero-order chi connectivity index (χ0) is 12.6. The molecule has 1 fully saturated rings. The second-order valence-electron chi connectivity index (χ2n) is 6.93. The van der Waals surface area contributed by atoms with E-state index >= 15 is 0 Å². The lowest BCUT2D eigenvalue weighted by atomic mass is 9.72. The molecule has 0 aromatic carbocycles. The summed E-state index contributed by atoms with van der Waals surface area (Å²) in [6.45, 7) is 16.4. The van der Waals surface area contributed by atoms with Gasteiger partial charge in [0.2, 0.25) is 0 Å². The molecule has 0 aromatic rings. The highest BCUT2D eigenvalue weighted by molar-refractivity contribution is 8.01. The Morgan fingerprint density at radius 1 is 1.12 bits per heavy atom. The van der Waals surface area contributed by atoms with Gasteiger partial charge in [-0.1, -0.05) is 50.5 Å². The molecule has 4 heteroatoms. The Hall–Kier alpha value is 0.780. The first-order chi connectivity index (χ1) is 7.18. The molecule has 1 heterocycles. The van der Waals surface area contributed by atoms with E-state index < -0.39 is 0 Å². The van der Waals surface area contributed by atoms with Crippen LogP contribution < -0.4 is 5.32 Å². The van der Waals surface area contributed by atoms with Crippen molar-refractivity contribution in [2.75, 3.05) is 13.1 Å². The number of rotatable bonds is 1. The van der Waals surface area contributed by atoms with Crippen LogP contribution in [-0.4, -0.2) is 29.8 Å². The van der Waals surface area contributed by atoms with E-state index in [1.165, 1.54) is 6.54 Å². The monoisotopic (exact) mass is 262 g/mol. The van der Waals surface area contributed by atoms with Gasteiger partial charge >= 0.3 is 0 Å². The Morgan fingerprint density at radius 3 is 2.06 bits per heavy atom. The van der Waals surface area contributed by atoms with Gasteiger partial charge in [-0.2, -0.15) is 0 Å². The van der Waals surface area contributed by atoms with Crippen molar-refractivity contribution in [2.24, 2.45) is 10.8 Å². The first-order valence-corrected chi connectivity index (χ1v) is 8.90. The minimum absolute atomic E-state index is 0.320. The van der Waals surface area contributed by atoms with E-state index in [0.29, 0.717) is 22.9 Å². The molecule has 4 atom stereocenters. The molecule has 1 rings (SSSR count). The lowest BCUT2D eigenvalue weighted by Crippen LogP contribution is -2.63. The average molecular weight is 262 g/mol. The maximum atomic E-state index is 3.73. The Kier molecular flexibility index (Phi) is 4.81. The van der Waals surface area contributed by atoms with Crippen molar-refractivity contribution in [3.63, 3.8) is 0 Å². The van der Waals surface area contributed by atoms with Crippen LogP contribution in [0.25, 0.3) is 0 Å². The maximum absolute atomic E-state index is 3.73. The predicted molar refractivity (Wildman–Crippen MR) is 79.2 cm³/mol. The van der Waals surface area contributed by atoms with Gasteiger partial charge in [0.05, 0.1) is 0 Å². The largest absolute Gasteiger partial charge is 0.311 e. The van der Waals surface area contributed by atoms with Crippen molar-refractivity contribution in [1.29, 1.82) is 0 Å². The number of hydrogen-bond donors (Lipinski definition) is 1. The summed E-state index contributed by atoms with van der Waals surface area (Å²) in [5.74, 6) is 0. The standard InChI is InChI=1S/C12H28N2P2/c1-11(2,3)9-10(12(4,5)6)14(16-15)8-7-13-9/h9-10,13,16H,7-8,15H2,1-6H3. The fourth-order valence-corrected chi connectivity index (χ4v) is 4.47. The van der Waals surface area contributed by atoms with Gasteiger partial charge in [-0.15, -0.1) is 0 Å². The van der Waals surface area contributed by atoms with Crippen molar-refractivity contribution in [3.8, 4) is 0 Å². The molecule has 0 aromatic heterocycles. The van der Waals surface area contributed by atoms with Gasteiger partial charge in [-0.05, 0) is 19.3 Å². The summed E-state index contributed by atoms with van der Waals surface area (Å²) in [6, 6.07) is 1.20. The van der Waals surface area contributed by atoms with Crippen LogP contribution in [0, 0.1) is 10.8 Å². The summed E-state index contributed by atoms with van der Waals surface area (Å²) in [5.41, 5.74) is 0.649. The van der Waals surface area contributed by atoms with Gasteiger partial charge in [0, 0.05) is 25.2 Å². The van der Waals surface area contributed by atoms with Crippen LogP contribution in [-0.2, 0) is 0 Å². The van der Waals surface area contributed by atoms with E-state index in [-0.39, 0.29) is 0 Å². The predicted octanol–water partition coefficient (Wildman–Crippen LogP) is 3.10. The Balaban J connectivity index is 2.97. The summed E-state index contributed by atoms with van der Waals surface area (Å²) in [5, 5.41) is 3.73. The topological polar surface area (TPSA) is 15.3 Å². The molecule has 0 spiro atoms. The molecule has 0 saturated carbocycles. The van der Waals surface area contributed by atoms with E-state index in [2.05, 4.69) is 60.5 Å². The Bertz CT molecular complexity index is 230. The van der Waals surface area contributed by atoms with E-state index in [4.69, 9.17) is 0 Å². The van der Waals surface area contributed by atoms with Crippen molar-refractivity contribution < 1.29 is 0 Å². The fourth-order valence-electron chi connectivity index (χ4n) is 2.66. The second kappa shape index (κ2) is 5.19. The highest BCUT2D eigenvalue weighted by Gasteiger charge is 2.43. The van der Waals surface area contributed by atoms with Crippen LogP contribution in [0.5, 0.6) is 0 Å². The van der Waals surface area contributed by atoms with Gasteiger partial charge in [0.1, 0.15) is 0 Å². The molecule has 16 heavy (non-hydrogen) atoms. The van der Waals surface area contributed by atoms with E-state index in [0.717, 1.165) is 15.0 Å². The zero-order valence-corrected chi connectivity index (χ0v) is 13.7. The molecular formula is C12H28N2P2. The molecule has 1 aliphatic heterocycles. The van der Waals surface area contributed by atoms with Gasteiger partial charge in [-0.3, -0.25) is 4.67 Å². The first-order valence-electron chi connectivity index (χ1n) is 6.14. The average Bonchev–Trinajstić information content (AvgIpc) is 2.13. The molecule has 0 amide bonds. The smallest absolute Gasteiger partial charge is 0.0342 e. The Labute approximate surface area is 105 Å². The van der Waals surface area contributed by atoms with Gasteiger partial charge in [0.15, 0.2) is 0 Å². The number of nitrogens with one attached hydrogen (secondary N) is 1. The third kappa shape index (κ3) is 3.39. The summed E-state index contributed by atoms with van der Waals surface area (Å²) in [7, 11) is 3.75. The molecule has 1 N–H and O–H groups in total. The summed E-state index contributed by atoms with van der Waals surface area (Å²) < 4.78 is 2.64. The Morgan fingerprint density at radius 2 is 1.69 bits per heavy atom. The fraction of sp³-hybridized carbons (Fsp3) is 1.00. The third-order valence-electron chi connectivity index (χ3n) is 3.35. The second-order valence-corrected chi connectivity index (χ2v) is 8.54. The molecule has 1 aliphatic rings. The van der Waals surface area contributed by atoms with Crippen LogP contribution in [0.2, 0.25) is 0 Å². The number of hydrogen-bond acceptors (Lipinski definition) is 2. The van der Waals surface area contributed by atoms with Crippen LogP contribution in [0.3, 0.4) is 0 Å². The number of nitrogens with zero attached hydrogens (tertiary/aromatic N) is 1. The van der Waals surface area contributed by atoms with Gasteiger partial charge < -0.3 is 5.32 Å².